The summed E-state index contributed by atoms with van der Waals surface area (Å²) >= 11 is 0. The van der Waals surface area contributed by atoms with Gasteiger partial charge in [0.2, 0.25) is 0 Å². The summed E-state index contributed by atoms with van der Waals surface area (Å²) in [5.74, 6) is 0. The fraction of sp³-hybridized carbons (Fsp3) is 0.280. The Morgan fingerprint density at radius 1 is 1.28 bits per heavy atom. The first-order valence-electron chi connectivity index (χ1n) is 10.7. The molecule has 0 atom stereocenters. The van der Waals surface area contributed by atoms with E-state index in [0.717, 1.165) is 54.3 Å². The lowest BCUT2D eigenvalue weighted by Gasteiger charge is -2.35. The molecule has 168 valence electrons. The second-order valence-corrected chi connectivity index (χ2v) is 7.99. The van der Waals surface area contributed by atoms with Crippen molar-refractivity contribution in [1.29, 1.82) is 5.41 Å². The highest BCUT2D eigenvalue weighted by molar-refractivity contribution is 6.13. The number of nitrogens with zero attached hydrogens (tertiary/aromatic N) is 3. The zero-order chi connectivity index (χ0) is 23.3. The highest BCUT2D eigenvalue weighted by atomic mass is 15.3. The molecule has 2 aromatic heterocycles. The Hall–Kier alpha value is -3.58. The van der Waals surface area contributed by atoms with Crippen LogP contribution < -0.4 is 5.73 Å². The number of aryl methyl sites for hydroxylation is 1. The largest absolute Gasteiger partial charge is 0.399 e. The number of aromatic amines is 2. The molecule has 3 rings (SSSR count). The average molecular weight is 432 g/mol. The van der Waals surface area contributed by atoms with Crippen molar-refractivity contribution in [3.8, 4) is 0 Å². The Bertz CT molecular complexity index is 1070. The van der Waals surface area contributed by atoms with Gasteiger partial charge in [-0.1, -0.05) is 25.3 Å². The molecule has 7 heteroatoms. The van der Waals surface area contributed by atoms with Gasteiger partial charge in [-0.05, 0) is 44.7 Å². The van der Waals surface area contributed by atoms with Crippen molar-refractivity contribution in [3.05, 3.63) is 89.7 Å². The smallest absolute Gasteiger partial charge is 0.0867 e. The minimum absolute atomic E-state index is 0.297. The molecule has 0 saturated carbocycles. The number of hydrogen-bond acceptors (Lipinski definition) is 5. The molecule has 0 aromatic carbocycles. The lowest BCUT2D eigenvalue weighted by Crippen LogP contribution is -2.43. The van der Waals surface area contributed by atoms with Crippen molar-refractivity contribution in [2.24, 2.45) is 5.73 Å². The van der Waals surface area contributed by atoms with Crippen molar-refractivity contribution in [1.82, 2.24) is 25.0 Å². The second-order valence-electron chi connectivity index (χ2n) is 7.99. The van der Waals surface area contributed by atoms with E-state index >= 15 is 0 Å². The number of nitrogens with one attached hydrogen (secondary N) is 3. The Morgan fingerprint density at radius 3 is 2.56 bits per heavy atom. The normalized spacial score (nSPS) is 16.3. The van der Waals surface area contributed by atoms with E-state index in [1.165, 1.54) is 0 Å². The summed E-state index contributed by atoms with van der Waals surface area (Å²) < 4.78 is 0. The van der Waals surface area contributed by atoms with E-state index < -0.39 is 0 Å². The third-order valence-corrected chi connectivity index (χ3v) is 5.74. The number of rotatable bonds is 8. The summed E-state index contributed by atoms with van der Waals surface area (Å²) in [7, 11) is 2.14. The monoisotopic (exact) mass is 431 g/mol. The van der Waals surface area contributed by atoms with Gasteiger partial charge in [-0.15, -0.1) is 0 Å². The summed E-state index contributed by atoms with van der Waals surface area (Å²) in [6.45, 7) is 15.7. The van der Waals surface area contributed by atoms with Crippen LogP contribution in [0.3, 0.4) is 0 Å². The van der Waals surface area contributed by atoms with Crippen LogP contribution in [0.1, 0.15) is 29.4 Å². The first kappa shape index (κ1) is 23.1. The molecule has 0 aliphatic carbocycles. The predicted octanol–water partition coefficient (Wildman–Crippen LogP) is 3.69. The molecule has 3 heterocycles. The van der Waals surface area contributed by atoms with Gasteiger partial charge in [0.1, 0.15) is 0 Å². The summed E-state index contributed by atoms with van der Waals surface area (Å²) in [4.78, 5) is 8.09. The van der Waals surface area contributed by atoms with Crippen LogP contribution in [0, 0.1) is 12.3 Å². The van der Waals surface area contributed by atoms with Gasteiger partial charge in [0.25, 0.3) is 0 Å². The number of nitrogens with two attached hydrogens (primary N) is 1. The Kier molecular flexibility index (Phi) is 7.33. The Labute approximate surface area is 190 Å². The molecule has 0 amide bonds. The number of aromatic nitrogens is 3. The number of hydrogen-bond donors (Lipinski definition) is 4. The van der Waals surface area contributed by atoms with Gasteiger partial charge in [-0.3, -0.25) is 10.5 Å². The van der Waals surface area contributed by atoms with Gasteiger partial charge in [0.15, 0.2) is 0 Å². The topological polar surface area (TPSA) is 101 Å². The van der Waals surface area contributed by atoms with Crippen LogP contribution in [0.15, 0.2) is 67.2 Å². The number of allylic oxidation sites excluding steroid dienone is 6. The molecule has 1 aliphatic heterocycles. The van der Waals surface area contributed by atoms with Gasteiger partial charge >= 0.3 is 0 Å². The van der Waals surface area contributed by atoms with Crippen LogP contribution in [0.25, 0.3) is 11.3 Å². The first-order valence-corrected chi connectivity index (χ1v) is 10.7. The van der Waals surface area contributed by atoms with E-state index in [1.807, 2.05) is 50.4 Å². The fourth-order valence-electron chi connectivity index (χ4n) is 3.85. The van der Waals surface area contributed by atoms with Crippen LogP contribution >= 0.6 is 0 Å². The summed E-state index contributed by atoms with van der Waals surface area (Å²) in [6, 6.07) is 2.02. The average Bonchev–Trinajstić information content (AvgIpc) is 3.43. The summed E-state index contributed by atoms with van der Waals surface area (Å²) in [6.07, 6.45) is 11.3. The fourth-order valence-corrected chi connectivity index (χ4v) is 3.85. The lowest BCUT2D eigenvalue weighted by molar-refractivity contribution is 0.207. The van der Waals surface area contributed by atoms with Crippen LogP contribution in [0.4, 0.5) is 0 Å². The van der Waals surface area contributed by atoms with E-state index in [1.54, 1.807) is 6.20 Å². The zero-order valence-corrected chi connectivity index (χ0v) is 19.2. The molecule has 7 nitrogen and oxygen atoms in total. The van der Waals surface area contributed by atoms with Crippen molar-refractivity contribution in [2.45, 2.75) is 13.8 Å². The standard InChI is InChI=1S/C25H33N7/c1-6-8-24(32-11-9-31(5)10-12-32)22-14-23(30-18(22)4)25(27)21(17(3)26)13-19(7-2)20-15-28-29-16-20/h6-8,13-16,27,30H,1,3,9-12,26H2,2,4-5H3,(H,28,29)/b19-7+,21-13+,24-8+,27-25?. The minimum Gasteiger partial charge on any atom is -0.399 e. The molecule has 1 aliphatic rings. The number of H-pyrrole nitrogens is 2. The van der Waals surface area contributed by atoms with Crippen LogP contribution in [-0.2, 0) is 0 Å². The third kappa shape index (κ3) is 5.00. The van der Waals surface area contributed by atoms with E-state index in [2.05, 4.69) is 45.2 Å². The molecule has 2 aromatic rings. The van der Waals surface area contributed by atoms with Crippen molar-refractivity contribution >= 4 is 17.0 Å². The summed E-state index contributed by atoms with van der Waals surface area (Å²) in [5, 5.41) is 15.7. The molecular formula is C25H33N7. The number of piperazine rings is 1. The zero-order valence-electron chi connectivity index (χ0n) is 19.2. The maximum absolute atomic E-state index is 8.88. The molecule has 0 bridgehead atoms. The maximum Gasteiger partial charge on any atom is 0.0867 e. The highest BCUT2D eigenvalue weighted by Gasteiger charge is 2.21. The maximum atomic E-state index is 8.88. The van der Waals surface area contributed by atoms with Crippen LogP contribution in [-0.4, -0.2) is 63.9 Å². The second kappa shape index (κ2) is 10.2. The van der Waals surface area contributed by atoms with Gasteiger partial charge < -0.3 is 20.5 Å². The van der Waals surface area contributed by atoms with Gasteiger partial charge in [0.05, 0.1) is 17.6 Å². The molecule has 0 radical (unpaired) electrons. The van der Waals surface area contributed by atoms with Crippen LogP contribution in [0.2, 0.25) is 0 Å². The van der Waals surface area contributed by atoms with Crippen molar-refractivity contribution in [2.75, 3.05) is 33.2 Å². The molecule has 5 N–H and O–H groups in total. The molecular weight excluding hydrogens is 398 g/mol. The van der Waals surface area contributed by atoms with Gasteiger partial charge in [0, 0.05) is 66.2 Å². The Balaban J connectivity index is 1.95. The predicted molar refractivity (Wildman–Crippen MR) is 133 cm³/mol. The van der Waals surface area contributed by atoms with Crippen molar-refractivity contribution < 1.29 is 0 Å². The Morgan fingerprint density at radius 2 is 2.00 bits per heavy atom. The van der Waals surface area contributed by atoms with Gasteiger partial charge in [-0.2, -0.15) is 5.10 Å². The summed E-state index contributed by atoms with van der Waals surface area (Å²) in [5.41, 5.74) is 13.0. The van der Waals surface area contributed by atoms with Crippen molar-refractivity contribution in [3.63, 3.8) is 0 Å². The SMILES string of the molecule is C=C/C=C(\c1cc(C(=N)/C(=C/C(=C\C)c2cn[nH]c2)C(=C)N)[nH]c1C)N1CCN(C)CC1. The van der Waals surface area contributed by atoms with Crippen LogP contribution in [0.5, 0.6) is 0 Å². The van der Waals surface area contributed by atoms with Gasteiger partial charge in [-0.25, -0.2) is 0 Å². The molecule has 32 heavy (non-hydrogen) atoms. The molecule has 1 fully saturated rings. The third-order valence-electron chi connectivity index (χ3n) is 5.74. The van der Waals surface area contributed by atoms with E-state index in [4.69, 9.17) is 11.1 Å². The highest BCUT2D eigenvalue weighted by Crippen LogP contribution is 2.27. The van der Waals surface area contributed by atoms with E-state index in [-0.39, 0.29) is 0 Å². The minimum atomic E-state index is 0.297. The lowest BCUT2D eigenvalue weighted by atomic mass is 9.99. The van der Waals surface area contributed by atoms with E-state index in [9.17, 15) is 0 Å². The molecule has 0 unspecified atom stereocenters. The molecule has 0 spiro atoms. The molecule has 1 saturated heterocycles. The first-order chi connectivity index (χ1) is 15.3. The quantitative estimate of drug-likeness (QED) is 0.378. The number of likely N-dealkylation sites (N-methyl/N-ethyl adjacent to an activating group) is 1. The van der Waals surface area contributed by atoms with E-state index in [0.29, 0.717) is 22.7 Å².